The molecule has 0 radical (unpaired) electrons. The van der Waals surface area contributed by atoms with Crippen molar-refractivity contribution in [2.24, 2.45) is 5.92 Å². The van der Waals surface area contributed by atoms with Crippen molar-refractivity contribution in [2.45, 2.75) is 44.6 Å². The molecule has 7 heteroatoms. The summed E-state index contributed by atoms with van der Waals surface area (Å²) < 4.78 is 0. The highest BCUT2D eigenvalue weighted by Gasteiger charge is 2.43. The molecule has 1 rings (SSSR count). The molecule has 1 heterocycles. The monoisotopic (exact) mass is 288 g/mol. The molecule has 6 nitrogen and oxygen atoms in total. The van der Waals surface area contributed by atoms with Crippen molar-refractivity contribution < 1.29 is 19.5 Å². The van der Waals surface area contributed by atoms with Gasteiger partial charge in [-0.3, -0.25) is 9.59 Å². The Morgan fingerprint density at radius 1 is 1.47 bits per heavy atom. The molecule has 1 aliphatic rings. The molecule has 0 aromatic heterocycles. The fourth-order valence-corrected chi connectivity index (χ4v) is 3.18. The van der Waals surface area contributed by atoms with Gasteiger partial charge in [-0.05, 0) is 19.8 Å². The number of hydrogen-bond donors (Lipinski definition) is 2. The van der Waals surface area contributed by atoms with Gasteiger partial charge in [0, 0.05) is 5.75 Å². The molecule has 108 valence electrons. The standard InChI is InChI=1S/C12H20N2O4S/c1-7(2)9(11(17)18)13-10(16)8-5-19-12(3,4)14(8)6-15/h6-9H,5H2,1-4H3,(H,13,16)(H,17,18)/t8-,9-/m0/s1. The summed E-state index contributed by atoms with van der Waals surface area (Å²) >= 11 is 1.50. The fourth-order valence-electron chi connectivity index (χ4n) is 1.98. The lowest BCUT2D eigenvalue weighted by Crippen LogP contribution is -2.54. The van der Waals surface area contributed by atoms with Gasteiger partial charge in [0.2, 0.25) is 12.3 Å². The van der Waals surface area contributed by atoms with Gasteiger partial charge >= 0.3 is 5.97 Å². The minimum atomic E-state index is -1.06. The van der Waals surface area contributed by atoms with Crippen LogP contribution in [0.5, 0.6) is 0 Å². The van der Waals surface area contributed by atoms with Crippen LogP contribution < -0.4 is 5.32 Å². The number of carboxylic acid groups (broad SMARTS) is 1. The second-order valence-electron chi connectivity index (χ2n) is 5.35. The predicted molar refractivity (Wildman–Crippen MR) is 72.6 cm³/mol. The van der Waals surface area contributed by atoms with E-state index in [0.717, 1.165) is 0 Å². The Kier molecular flexibility index (Phi) is 4.84. The number of hydrogen-bond acceptors (Lipinski definition) is 4. The Bertz CT molecular complexity index is 384. The van der Waals surface area contributed by atoms with Crippen LogP contribution in [0.4, 0.5) is 0 Å². The number of rotatable bonds is 5. The number of carboxylic acids is 1. The first-order valence-electron chi connectivity index (χ1n) is 6.11. The molecule has 19 heavy (non-hydrogen) atoms. The molecule has 0 spiro atoms. The van der Waals surface area contributed by atoms with Crippen molar-refractivity contribution in [1.29, 1.82) is 0 Å². The third kappa shape index (κ3) is 3.40. The zero-order chi connectivity index (χ0) is 14.8. The third-order valence-electron chi connectivity index (χ3n) is 3.20. The van der Waals surface area contributed by atoms with Gasteiger partial charge in [-0.1, -0.05) is 13.8 Å². The summed E-state index contributed by atoms with van der Waals surface area (Å²) in [6.45, 7) is 7.17. The number of amides is 2. The second-order valence-corrected chi connectivity index (χ2v) is 6.98. The van der Waals surface area contributed by atoms with E-state index in [2.05, 4.69) is 5.32 Å². The molecule has 2 N–H and O–H groups in total. The lowest BCUT2D eigenvalue weighted by molar-refractivity contribution is -0.144. The van der Waals surface area contributed by atoms with E-state index in [-0.39, 0.29) is 5.92 Å². The lowest BCUT2D eigenvalue weighted by atomic mass is 10.0. The van der Waals surface area contributed by atoms with Crippen LogP contribution in [0.1, 0.15) is 27.7 Å². The third-order valence-corrected chi connectivity index (χ3v) is 4.60. The molecule has 1 saturated heterocycles. The summed E-state index contributed by atoms with van der Waals surface area (Å²) in [5.41, 5.74) is 0. The Morgan fingerprint density at radius 2 is 2.05 bits per heavy atom. The Labute approximate surface area is 116 Å². The summed E-state index contributed by atoms with van der Waals surface area (Å²) in [4.78, 5) is 35.3. The molecule has 0 bridgehead atoms. The maximum Gasteiger partial charge on any atom is 0.326 e. The SMILES string of the molecule is CC(C)[C@H](NC(=O)[C@@H]1CSC(C)(C)N1C=O)C(=O)O. The number of thioether (sulfide) groups is 1. The largest absolute Gasteiger partial charge is 0.480 e. The Balaban J connectivity index is 2.78. The molecule has 0 unspecified atom stereocenters. The Morgan fingerprint density at radius 3 is 2.47 bits per heavy atom. The van der Waals surface area contributed by atoms with Crippen LogP contribution in [0.2, 0.25) is 0 Å². The van der Waals surface area contributed by atoms with E-state index in [4.69, 9.17) is 5.11 Å². The van der Waals surface area contributed by atoms with Crippen LogP contribution in [0.25, 0.3) is 0 Å². The van der Waals surface area contributed by atoms with Gasteiger partial charge in [-0.2, -0.15) is 0 Å². The van der Waals surface area contributed by atoms with E-state index >= 15 is 0 Å². The topological polar surface area (TPSA) is 86.7 Å². The maximum atomic E-state index is 12.1. The van der Waals surface area contributed by atoms with Gasteiger partial charge in [0.1, 0.15) is 12.1 Å². The molecular weight excluding hydrogens is 268 g/mol. The van der Waals surface area contributed by atoms with E-state index < -0.39 is 28.8 Å². The highest BCUT2D eigenvalue weighted by atomic mass is 32.2. The lowest BCUT2D eigenvalue weighted by Gasteiger charge is -2.31. The number of nitrogens with zero attached hydrogens (tertiary/aromatic N) is 1. The van der Waals surface area contributed by atoms with Gasteiger partial charge in [-0.15, -0.1) is 11.8 Å². The van der Waals surface area contributed by atoms with Crippen LogP contribution in [0.3, 0.4) is 0 Å². The number of carbonyl (C=O) groups is 3. The molecule has 2 atom stereocenters. The summed E-state index contributed by atoms with van der Waals surface area (Å²) in [5, 5.41) is 11.6. The van der Waals surface area contributed by atoms with Crippen molar-refractivity contribution in [1.82, 2.24) is 10.2 Å². The van der Waals surface area contributed by atoms with Crippen molar-refractivity contribution >= 4 is 30.0 Å². The van der Waals surface area contributed by atoms with Crippen molar-refractivity contribution in [3.8, 4) is 0 Å². The zero-order valence-corrected chi connectivity index (χ0v) is 12.4. The van der Waals surface area contributed by atoms with E-state index in [0.29, 0.717) is 12.2 Å². The molecule has 0 saturated carbocycles. The highest BCUT2D eigenvalue weighted by molar-refractivity contribution is 8.00. The molecule has 0 aromatic carbocycles. The highest BCUT2D eigenvalue weighted by Crippen LogP contribution is 2.37. The number of carbonyl (C=O) groups excluding carboxylic acids is 2. The molecule has 0 aliphatic carbocycles. The maximum absolute atomic E-state index is 12.1. The number of nitrogens with one attached hydrogen (secondary N) is 1. The zero-order valence-electron chi connectivity index (χ0n) is 11.5. The predicted octanol–water partition coefficient (Wildman–Crippen LogP) is 0.522. The van der Waals surface area contributed by atoms with Gasteiger partial charge in [0.05, 0.1) is 4.87 Å². The van der Waals surface area contributed by atoms with Crippen LogP contribution in [0, 0.1) is 5.92 Å². The average molecular weight is 288 g/mol. The molecule has 1 aliphatic heterocycles. The van der Waals surface area contributed by atoms with Gasteiger partial charge in [0.25, 0.3) is 0 Å². The van der Waals surface area contributed by atoms with E-state index in [1.54, 1.807) is 13.8 Å². The quantitative estimate of drug-likeness (QED) is 0.720. The average Bonchev–Trinajstić information content (AvgIpc) is 2.59. The van der Waals surface area contributed by atoms with E-state index in [1.807, 2.05) is 13.8 Å². The van der Waals surface area contributed by atoms with Gasteiger partial charge < -0.3 is 15.3 Å². The summed E-state index contributed by atoms with van der Waals surface area (Å²) in [5.74, 6) is -1.22. The molecular formula is C12H20N2O4S. The smallest absolute Gasteiger partial charge is 0.326 e. The van der Waals surface area contributed by atoms with E-state index in [1.165, 1.54) is 16.7 Å². The van der Waals surface area contributed by atoms with E-state index in [9.17, 15) is 14.4 Å². The molecule has 1 fully saturated rings. The summed E-state index contributed by atoms with van der Waals surface area (Å²) in [6.07, 6.45) is 0.648. The number of aliphatic carboxylic acids is 1. The fraction of sp³-hybridized carbons (Fsp3) is 0.750. The first-order valence-corrected chi connectivity index (χ1v) is 7.10. The van der Waals surface area contributed by atoms with Crippen LogP contribution >= 0.6 is 11.8 Å². The Hall–Kier alpha value is -1.24. The minimum absolute atomic E-state index is 0.215. The minimum Gasteiger partial charge on any atom is -0.480 e. The van der Waals surface area contributed by atoms with Crippen molar-refractivity contribution in [2.75, 3.05) is 5.75 Å². The normalized spacial score (nSPS) is 23.2. The molecule has 2 amide bonds. The van der Waals surface area contributed by atoms with Gasteiger partial charge in [0.15, 0.2) is 0 Å². The summed E-state index contributed by atoms with van der Waals surface area (Å²) in [6, 6.07) is -1.55. The molecule has 0 aromatic rings. The van der Waals surface area contributed by atoms with Gasteiger partial charge in [-0.25, -0.2) is 4.79 Å². The van der Waals surface area contributed by atoms with Crippen molar-refractivity contribution in [3.63, 3.8) is 0 Å². The first kappa shape index (κ1) is 15.8. The van der Waals surface area contributed by atoms with Crippen LogP contribution in [0.15, 0.2) is 0 Å². The van der Waals surface area contributed by atoms with Crippen LogP contribution in [-0.4, -0.2) is 51.0 Å². The first-order chi connectivity index (χ1) is 8.70. The second kappa shape index (κ2) is 5.81. The summed E-state index contributed by atoms with van der Waals surface area (Å²) in [7, 11) is 0. The van der Waals surface area contributed by atoms with Crippen molar-refractivity contribution in [3.05, 3.63) is 0 Å². The van der Waals surface area contributed by atoms with Crippen LogP contribution in [-0.2, 0) is 14.4 Å².